The Labute approximate surface area is 179 Å². The van der Waals surface area contributed by atoms with Crippen molar-refractivity contribution in [3.05, 3.63) is 0 Å². The van der Waals surface area contributed by atoms with E-state index in [4.69, 9.17) is 18.9 Å². The van der Waals surface area contributed by atoms with Crippen molar-refractivity contribution in [1.82, 2.24) is 10.2 Å². The molecule has 0 atom stereocenters. The molecule has 7 nitrogen and oxygen atoms in total. The lowest BCUT2D eigenvalue weighted by molar-refractivity contribution is 0.00511. The van der Waals surface area contributed by atoms with E-state index >= 15 is 0 Å². The van der Waals surface area contributed by atoms with Gasteiger partial charge in [0.2, 0.25) is 0 Å². The van der Waals surface area contributed by atoms with E-state index in [1.165, 1.54) is 4.90 Å². The highest BCUT2D eigenvalue weighted by molar-refractivity contribution is 8.76. The van der Waals surface area contributed by atoms with E-state index in [1.54, 1.807) is 17.8 Å². The molecule has 0 aliphatic rings. The fourth-order valence-electron chi connectivity index (χ4n) is 1.96. The predicted molar refractivity (Wildman–Crippen MR) is 119 cm³/mol. The fraction of sp³-hybridized carbons (Fsp3) is 0.947. The van der Waals surface area contributed by atoms with E-state index in [1.807, 2.05) is 31.6 Å². The zero-order valence-electron chi connectivity index (χ0n) is 18.7. The van der Waals surface area contributed by atoms with Gasteiger partial charge in [0.25, 0.3) is 0 Å². The second kappa shape index (κ2) is 15.6. The zero-order chi connectivity index (χ0) is 21.5. The van der Waals surface area contributed by atoms with Crippen LogP contribution in [0, 0.1) is 0 Å². The standard InChI is InChI=1S/C19H40N2O5S2/c1-18(2,3)26-17(22)21(6)9-11-24-13-15-25-14-12-23-10-8-20-16-19(4,5)28-27-7/h20H,8-16H2,1-7H3. The van der Waals surface area contributed by atoms with Crippen LogP contribution in [0.3, 0.4) is 0 Å². The lowest BCUT2D eigenvalue weighted by Gasteiger charge is -2.24. The number of rotatable bonds is 16. The maximum Gasteiger partial charge on any atom is 0.410 e. The van der Waals surface area contributed by atoms with E-state index in [-0.39, 0.29) is 10.8 Å². The first kappa shape index (κ1) is 27.8. The minimum absolute atomic E-state index is 0.226. The first-order valence-corrected chi connectivity index (χ1v) is 12.2. The van der Waals surface area contributed by atoms with Crippen LogP contribution in [0.5, 0.6) is 0 Å². The molecule has 0 saturated heterocycles. The van der Waals surface area contributed by atoms with Crippen molar-refractivity contribution >= 4 is 27.7 Å². The number of carbonyl (C=O) groups excluding carboxylic acids is 1. The van der Waals surface area contributed by atoms with Crippen molar-refractivity contribution in [2.24, 2.45) is 0 Å². The molecule has 1 amide bonds. The molecule has 0 radical (unpaired) electrons. The van der Waals surface area contributed by atoms with Crippen LogP contribution in [0.25, 0.3) is 0 Å². The first-order chi connectivity index (χ1) is 13.1. The zero-order valence-corrected chi connectivity index (χ0v) is 20.3. The molecule has 0 aliphatic carbocycles. The lowest BCUT2D eigenvalue weighted by Crippen LogP contribution is -2.36. The molecule has 0 aliphatic heterocycles. The summed E-state index contributed by atoms with van der Waals surface area (Å²) in [5.41, 5.74) is -0.484. The molecule has 9 heteroatoms. The molecule has 0 aromatic carbocycles. The largest absolute Gasteiger partial charge is 0.444 e. The molecule has 0 spiro atoms. The molecule has 0 unspecified atom stereocenters. The third-order valence-electron chi connectivity index (χ3n) is 3.30. The topological polar surface area (TPSA) is 69.3 Å². The second-order valence-electron chi connectivity index (χ2n) is 7.93. The van der Waals surface area contributed by atoms with Gasteiger partial charge in [-0.3, -0.25) is 0 Å². The summed E-state index contributed by atoms with van der Waals surface area (Å²) in [6.07, 6.45) is 1.76. The Hall–Kier alpha value is -0.190. The van der Waals surface area contributed by atoms with Crippen LogP contribution in [-0.4, -0.2) is 93.9 Å². The van der Waals surface area contributed by atoms with Crippen LogP contribution in [0.15, 0.2) is 0 Å². The number of carbonyl (C=O) groups is 1. The number of ether oxygens (including phenoxy) is 4. The molecule has 0 saturated carbocycles. The smallest absolute Gasteiger partial charge is 0.410 e. The first-order valence-electron chi connectivity index (χ1n) is 9.67. The highest BCUT2D eigenvalue weighted by atomic mass is 33.1. The van der Waals surface area contributed by atoms with Gasteiger partial charge < -0.3 is 29.2 Å². The predicted octanol–water partition coefficient (Wildman–Crippen LogP) is 3.28. The van der Waals surface area contributed by atoms with E-state index in [0.29, 0.717) is 46.2 Å². The van der Waals surface area contributed by atoms with Crippen molar-refractivity contribution in [3.63, 3.8) is 0 Å². The van der Waals surface area contributed by atoms with Gasteiger partial charge >= 0.3 is 6.09 Å². The molecule has 0 bridgehead atoms. The quantitative estimate of drug-likeness (QED) is 0.290. The van der Waals surface area contributed by atoms with Crippen molar-refractivity contribution in [3.8, 4) is 0 Å². The molecule has 0 aromatic rings. The van der Waals surface area contributed by atoms with Crippen LogP contribution >= 0.6 is 21.6 Å². The summed E-state index contributed by atoms with van der Waals surface area (Å²) in [5.74, 6) is 0. The average molecular weight is 441 g/mol. The fourth-order valence-corrected chi connectivity index (χ4v) is 4.11. The molecular formula is C19H40N2O5S2. The molecule has 1 N–H and O–H groups in total. The van der Waals surface area contributed by atoms with Gasteiger partial charge in [-0.1, -0.05) is 21.6 Å². The normalized spacial score (nSPS) is 12.2. The molecule has 0 aromatic heterocycles. The van der Waals surface area contributed by atoms with Crippen molar-refractivity contribution in [1.29, 1.82) is 0 Å². The molecule has 0 heterocycles. The lowest BCUT2D eigenvalue weighted by atomic mass is 10.2. The van der Waals surface area contributed by atoms with E-state index in [9.17, 15) is 4.79 Å². The highest BCUT2D eigenvalue weighted by Gasteiger charge is 2.19. The van der Waals surface area contributed by atoms with Crippen LogP contribution in [0.4, 0.5) is 4.79 Å². The van der Waals surface area contributed by atoms with E-state index in [0.717, 1.165) is 13.1 Å². The summed E-state index contributed by atoms with van der Waals surface area (Å²) in [5, 5.41) is 3.41. The third-order valence-corrected chi connectivity index (χ3v) is 5.92. The minimum atomic E-state index is -0.484. The van der Waals surface area contributed by atoms with E-state index in [2.05, 4.69) is 25.4 Å². The van der Waals surface area contributed by atoms with Crippen LogP contribution in [-0.2, 0) is 18.9 Å². The summed E-state index contributed by atoms with van der Waals surface area (Å²) in [4.78, 5) is 13.3. The highest BCUT2D eigenvalue weighted by Crippen LogP contribution is 2.32. The van der Waals surface area contributed by atoms with Gasteiger partial charge in [-0.25, -0.2) is 4.79 Å². The Morgan fingerprint density at radius 2 is 1.46 bits per heavy atom. The minimum Gasteiger partial charge on any atom is -0.444 e. The molecule has 0 rings (SSSR count). The number of nitrogens with zero attached hydrogens (tertiary/aromatic N) is 1. The second-order valence-corrected chi connectivity index (χ2v) is 11.0. The van der Waals surface area contributed by atoms with Crippen LogP contribution in [0.2, 0.25) is 0 Å². The van der Waals surface area contributed by atoms with Crippen molar-refractivity contribution < 1.29 is 23.7 Å². The van der Waals surface area contributed by atoms with Crippen molar-refractivity contribution in [2.45, 2.75) is 45.0 Å². The number of nitrogens with one attached hydrogen (secondary N) is 1. The summed E-state index contributed by atoms with van der Waals surface area (Å²) in [7, 11) is 5.37. The maximum atomic E-state index is 11.8. The van der Waals surface area contributed by atoms with Gasteiger partial charge in [0.15, 0.2) is 0 Å². The van der Waals surface area contributed by atoms with E-state index < -0.39 is 5.60 Å². The third kappa shape index (κ3) is 17.9. The van der Waals surface area contributed by atoms with Gasteiger partial charge in [0, 0.05) is 31.4 Å². The van der Waals surface area contributed by atoms with Gasteiger partial charge in [-0.05, 0) is 40.9 Å². The molecule has 0 fully saturated rings. The SMILES string of the molecule is CSSC(C)(C)CNCCOCCOCCOCCN(C)C(=O)OC(C)(C)C. The van der Waals surface area contributed by atoms with Crippen LogP contribution < -0.4 is 5.32 Å². The molecule has 168 valence electrons. The van der Waals surface area contributed by atoms with Gasteiger partial charge in [-0.15, -0.1) is 0 Å². The molecule has 28 heavy (non-hydrogen) atoms. The maximum absolute atomic E-state index is 11.8. The Morgan fingerprint density at radius 3 is 2.00 bits per heavy atom. The van der Waals surface area contributed by atoms with Gasteiger partial charge in [0.1, 0.15) is 5.60 Å². The average Bonchev–Trinajstić information content (AvgIpc) is 2.57. The van der Waals surface area contributed by atoms with Gasteiger partial charge in [0.05, 0.1) is 39.6 Å². The monoisotopic (exact) mass is 440 g/mol. The summed E-state index contributed by atoms with van der Waals surface area (Å²) < 4.78 is 22.0. The van der Waals surface area contributed by atoms with Gasteiger partial charge in [-0.2, -0.15) is 0 Å². The molecular weight excluding hydrogens is 400 g/mol. The summed E-state index contributed by atoms with van der Waals surface area (Å²) >= 11 is 0. The van der Waals surface area contributed by atoms with Crippen LogP contribution in [0.1, 0.15) is 34.6 Å². The van der Waals surface area contributed by atoms with Crippen molar-refractivity contribution in [2.75, 3.05) is 72.6 Å². The Bertz CT molecular complexity index is 406. The Morgan fingerprint density at radius 1 is 0.929 bits per heavy atom. The number of likely N-dealkylation sites (N-methyl/N-ethyl adjacent to an activating group) is 1. The number of hydrogen-bond donors (Lipinski definition) is 1. The summed E-state index contributed by atoms with van der Waals surface area (Å²) in [6, 6.07) is 0. The number of amides is 1. The number of hydrogen-bond acceptors (Lipinski definition) is 8. The Kier molecular flexibility index (Phi) is 15.5. The summed E-state index contributed by atoms with van der Waals surface area (Å²) in [6.45, 7) is 15.5. The Balaban J connectivity index is 3.39.